The maximum Gasteiger partial charge on any atom is 0.142 e. The number of methoxy groups -OCH3 is 2. The van der Waals surface area contributed by atoms with Gasteiger partial charge >= 0.3 is 0 Å². The van der Waals surface area contributed by atoms with E-state index < -0.39 is 0 Å². The largest absolute Gasteiger partial charge is 0.496 e. The lowest BCUT2D eigenvalue weighted by molar-refractivity contribution is 0.284. The van der Waals surface area contributed by atoms with Crippen LogP contribution in [0.1, 0.15) is 46.2 Å². The Morgan fingerprint density at radius 1 is 0.630 bits per heavy atom. The van der Waals surface area contributed by atoms with Crippen molar-refractivity contribution in [2.24, 2.45) is 0 Å². The van der Waals surface area contributed by atoms with Crippen LogP contribution in [0.25, 0.3) is 11.1 Å². The molecular formula is C37H43Cl2NO6. The lowest BCUT2D eigenvalue weighted by Crippen LogP contribution is -2.18. The third-order valence-electron chi connectivity index (χ3n) is 8.08. The topological polar surface area (TPSA) is 89.4 Å². The van der Waals surface area contributed by atoms with Gasteiger partial charge in [0.2, 0.25) is 0 Å². The minimum atomic E-state index is 0.0555. The monoisotopic (exact) mass is 667 g/mol. The second kappa shape index (κ2) is 17.5. The van der Waals surface area contributed by atoms with Crippen LogP contribution >= 0.6 is 23.2 Å². The smallest absolute Gasteiger partial charge is 0.142 e. The number of hydrogen-bond donors (Lipinski definition) is 3. The average molecular weight is 669 g/mol. The molecule has 0 amide bonds. The summed E-state index contributed by atoms with van der Waals surface area (Å²) in [6.07, 6.45) is 2.35. The number of hydrogen-bond acceptors (Lipinski definition) is 7. The molecular weight excluding hydrogens is 625 g/mol. The van der Waals surface area contributed by atoms with E-state index in [-0.39, 0.29) is 13.2 Å². The summed E-state index contributed by atoms with van der Waals surface area (Å²) in [4.78, 5) is 0. The highest BCUT2D eigenvalue weighted by Crippen LogP contribution is 2.37. The van der Waals surface area contributed by atoms with Gasteiger partial charge in [0.1, 0.15) is 36.2 Å². The first-order valence-corrected chi connectivity index (χ1v) is 16.1. The van der Waals surface area contributed by atoms with E-state index >= 15 is 0 Å². The fourth-order valence-corrected chi connectivity index (χ4v) is 5.87. The minimum absolute atomic E-state index is 0.0555. The van der Waals surface area contributed by atoms with E-state index in [1.54, 1.807) is 20.3 Å². The Labute approximate surface area is 282 Å². The zero-order valence-electron chi connectivity index (χ0n) is 26.9. The number of rotatable bonds is 17. The summed E-state index contributed by atoms with van der Waals surface area (Å²) in [7, 11) is 3.25. The van der Waals surface area contributed by atoms with Crippen LogP contribution in [0.2, 0.25) is 10.0 Å². The summed E-state index contributed by atoms with van der Waals surface area (Å²) < 4.78 is 23.6. The molecule has 0 atom stereocenters. The molecule has 0 aliphatic carbocycles. The zero-order valence-corrected chi connectivity index (χ0v) is 28.4. The molecule has 3 N–H and O–H groups in total. The predicted octanol–water partition coefficient (Wildman–Crippen LogP) is 7.85. The first-order chi connectivity index (χ1) is 22.3. The number of benzene rings is 4. The van der Waals surface area contributed by atoms with Crippen LogP contribution in [0.5, 0.6) is 23.0 Å². The number of ether oxygens (including phenoxy) is 4. The fourth-order valence-electron chi connectivity index (χ4n) is 5.39. The quantitative estimate of drug-likeness (QED) is 0.0988. The third-order valence-corrected chi connectivity index (χ3v) is 8.67. The molecule has 4 aromatic carbocycles. The number of unbranched alkanes of at least 4 members (excludes halogenated alkanes) is 1. The van der Waals surface area contributed by atoms with Crippen LogP contribution in [0.4, 0.5) is 0 Å². The molecule has 0 saturated heterocycles. The highest BCUT2D eigenvalue weighted by Gasteiger charge is 2.16. The molecule has 0 aromatic heterocycles. The molecule has 0 unspecified atom stereocenters. The van der Waals surface area contributed by atoms with E-state index in [2.05, 4.69) is 43.4 Å². The molecule has 0 heterocycles. The molecule has 4 aromatic rings. The van der Waals surface area contributed by atoms with Crippen molar-refractivity contribution in [3.8, 4) is 34.1 Å². The van der Waals surface area contributed by atoms with Crippen molar-refractivity contribution in [3.05, 3.63) is 104 Å². The van der Waals surface area contributed by atoms with Crippen molar-refractivity contribution in [2.45, 2.75) is 52.9 Å². The second-order valence-electron chi connectivity index (χ2n) is 11.0. The Morgan fingerprint density at radius 2 is 1.15 bits per heavy atom. The van der Waals surface area contributed by atoms with Gasteiger partial charge in [-0.2, -0.15) is 0 Å². The highest BCUT2D eigenvalue weighted by atomic mass is 35.5. The van der Waals surface area contributed by atoms with E-state index in [0.717, 1.165) is 69.5 Å². The molecule has 46 heavy (non-hydrogen) atoms. The standard InChI is InChI=1S/C37H43Cl2NO6/c1-24-27(22-45-36-19-34(43-3)26(17-32(36)38)9-5-6-15-41)10-7-12-30(24)31-13-8-11-28(25(31)2)23-46-37-20-35(44-4)29(18-33(37)39)21-40-14-16-42/h7-8,10-13,17-20,40-42H,5-6,9,14-16,21-23H2,1-4H3. The maximum absolute atomic E-state index is 9.12. The van der Waals surface area contributed by atoms with Gasteiger partial charge in [0.05, 0.1) is 30.9 Å². The molecule has 0 bridgehead atoms. The normalized spacial score (nSPS) is 11.0. The average Bonchev–Trinajstić information content (AvgIpc) is 3.05. The van der Waals surface area contributed by atoms with Gasteiger partial charge in [-0.3, -0.25) is 0 Å². The fraction of sp³-hybridized carbons (Fsp3) is 0.351. The van der Waals surface area contributed by atoms with E-state index in [9.17, 15) is 0 Å². The van der Waals surface area contributed by atoms with Crippen molar-refractivity contribution in [1.29, 1.82) is 0 Å². The van der Waals surface area contributed by atoms with Gasteiger partial charge in [-0.1, -0.05) is 59.6 Å². The zero-order chi connectivity index (χ0) is 33.1. The lowest BCUT2D eigenvalue weighted by atomic mass is 9.92. The molecule has 4 rings (SSSR count). The highest BCUT2D eigenvalue weighted by molar-refractivity contribution is 6.32. The molecule has 0 radical (unpaired) electrons. The van der Waals surface area contributed by atoms with Crippen molar-refractivity contribution in [2.75, 3.05) is 34.0 Å². The van der Waals surface area contributed by atoms with E-state index in [4.69, 9.17) is 52.4 Å². The molecule has 246 valence electrons. The molecule has 0 aliphatic heterocycles. The van der Waals surface area contributed by atoms with Crippen LogP contribution in [0.15, 0.2) is 60.7 Å². The number of aliphatic hydroxyl groups excluding tert-OH is 2. The van der Waals surface area contributed by atoms with E-state index in [0.29, 0.717) is 53.6 Å². The Morgan fingerprint density at radius 3 is 1.65 bits per heavy atom. The number of halogens is 2. The van der Waals surface area contributed by atoms with Crippen LogP contribution in [0, 0.1) is 13.8 Å². The molecule has 0 spiro atoms. The molecule has 0 aliphatic rings. The summed E-state index contributed by atoms with van der Waals surface area (Å²) in [5, 5.41) is 22.3. The van der Waals surface area contributed by atoms with Gasteiger partial charge in [-0.05, 0) is 84.2 Å². The first kappa shape index (κ1) is 35.4. The van der Waals surface area contributed by atoms with Crippen LogP contribution in [0.3, 0.4) is 0 Å². The summed E-state index contributed by atoms with van der Waals surface area (Å²) in [5.41, 5.74) is 8.43. The Balaban J connectivity index is 1.50. The van der Waals surface area contributed by atoms with E-state index in [1.807, 2.05) is 30.3 Å². The lowest BCUT2D eigenvalue weighted by Gasteiger charge is -2.18. The van der Waals surface area contributed by atoms with Crippen molar-refractivity contribution < 1.29 is 29.2 Å². The van der Waals surface area contributed by atoms with Gasteiger partial charge in [-0.15, -0.1) is 0 Å². The van der Waals surface area contributed by atoms with Gasteiger partial charge in [0, 0.05) is 37.4 Å². The van der Waals surface area contributed by atoms with Crippen LogP contribution in [-0.4, -0.2) is 44.2 Å². The number of aliphatic hydroxyl groups is 2. The molecule has 7 nitrogen and oxygen atoms in total. The Bertz CT molecular complexity index is 1490. The van der Waals surface area contributed by atoms with Crippen LogP contribution < -0.4 is 24.3 Å². The Hall–Kier alpha value is -3.46. The van der Waals surface area contributed by atoms with Gasteiger partial charge in [0.25, 0.3) is 0 Å². The summed E-state index contributed by atoms with van der Waals surface area (Å²) in [5.74, 6) is 2.49. The number of nitrogens with one attached hydrogen (secondary N) is 1. The summed E-state index contributed by atoms with van der Waals surface area (Å²) in [6, 6.07) is 19.8. The van der Waals surface area contributed by atoms with Gasteiger partial charge in [0.15, 0.2) is 0 Å². The van der Waals surface area contributed by atoms with Crippen molar-refractivity contribution >= 4 is 23.2 Å². The van der Waals surface area contributed by atoms with Gasteiger partial charge in [-0.25, -0.2) is 0 Å². The van der Waals surface area contributed by atoms with Crippen LogP contribution in [-0.2, 0) is 26.2 Å². The third kappa shape index (κ3) is 8.87. The van der Waals surface area contributed by atoms with Gasteiger partial charge < -0.3 is 34.5 Å². The second-order valence-corrected chi connectivity index (χ2v) is 11.8. The van der Waals surface area contributed by atoms with E-state index in [1.165, 1.54) is 0 Å². The predicted molar refractivity (Wildman–Crippen MR) is 185 cm³/mol. The van der Waals surface area contributed by atoms with Crippen molar-refractivity contribution in [1.82, 2.24) is 5.32 Å². The molecule has 0 fully saturated rings. The maximum atomic E-state index is 9.12. The SMILES string of the molecule is COc1cc(OCc2cccc(-c3cccc(COc4cc(OC)c(CNCCO)cc4Cl)c3C)c2C)c(Cl)cc1CCCCO. The van der Waals surface area contributed by atoms with Crippen molar-refractivity contribution in [3.63, 3.8) is 0 Å². The minimum Gasteiger partial charge on any atom is -0.496 e. The molecule has 9 heteroatoms. The summed E-state index contributed by atoms with van der Waals surface area (Å²) >= 11 is 13.2. The first-order valence-electron chi connectivity index (χ1n) is 15.4. The molecule has 0 saturated carbocycles. The Kier molecular flexibility index (Phi) is 13.4. The summed E-state index contributed by atoms with van der Waals surface area (Å²) in [6.45, 7) is 6.11. The number of aryl methyl sites for hydroxylation is 1.